The van der Waals surface area contributed by atoms with Crippen molar-refractivity contribution in [2.45, 2.75) is 18.8 Å². The van der Waals surface area contributed by atoms with Gasteiger partial charge in [0, 0.05) is 47.3 Å². The molecule has 1 unspecified atom stereocenters. The van der Waals surface area contributed by atoms with Crippen LogP contribution in [0.2, 0.25) is 5.02 Å². The topological polar surface area (TPSA) is 65.5 Å². The SMILES string of the molecule is O=C(Nc1nc2c(s1)CCC2C(=O)N1CCN(c2cccc(Cl)c2)CC1)c1ccccc1. The Labute approximate surface area is 195 Å². The molecule has 0 bridgehead atoms. The second-order valence-corrected chi connectivity index (χ2v) is 9.55. The molecule has 32 heavy (non-hydrogen) atoms. The van der Waals surface area contributed by atoms with Crippen molar-refractivity contribution >= 4 is 45.6 Å². The van der Waals surface area contributed by atoms with Crippen LogP contribution < -0.4 is 10.2 Å². The van der Waals surface area contributed by atoms with Gasteiger partial charge >= 0.3 is 0 Å². The zero-order valence-electron chi connectivity index (χ0n) is 17.5. The minimum absolute atomic E-state index is 0.140. The van der Waals surface area contributed by atoms with Crippen molar-refractivity contribution < 1.29 is 9.59 Å². The highest BCUT2D eigenvalue weighted by atomic mass is 35.5. The maximum atomic E-state index is 13.3. The Hall–Kier alpha value is -2.90. The van der Waals surface area contributed by atoms with Crippen LogP contribution >= 0.6 is 22.9 Å². The first kappa shape index (κ1) is 21.0. The van der Waals surface area contributed by atoms with Crippen LogP contribution in [0.1, 0.15) is 33.3 Å². The Kier molecular flexibility index (Phi) is 5.85. The molecule has 5 rings (SSSR count). The minimum Gasteiger partial charge on any atom is -0.368 e. The van der Waals surface area contributed by atoms with E-state index in [-0.39, 0.29) is 17.7 Å². The van der Waals surface area contributed by atoms with Gasteiger partial charge in [-0.05, 0) is 43.2 Å². The molecule has 1 fully saturated rings. The van der Waals surface area contributed by atoms with E-state index in [1.807, 2.05) is 47.4 Å². The number of halogens is 1. The van der Waals surface area contributed by atoms with Crippen LogP contribution in [0.3, 0.4) is 0 Å². The lowest BCUT2D eigenvalue weighted by Gasteiger charge is -2.37. The van der Waals surface area contributed by atoms with E-state index in [1.54, 1.807) is 12.1 Å². The number of hydrogen-bond acceptors (Lipinski definition) is 5. The largest absolute Gasteiger partial charge is 0.368 e. The van der Waals surface area contributed by atoms with Crippen LogP contribution in [0.15, 0.2) is 54.6 Å². The predicted molar refractivity (Wildman–Crippen MR) is 128 cm³/mol. The average molecular weight is 467 g/mol. The van der Waals surface area contributed by atoms with Gasteiger partial charge in [0.25, 0.3) is 5.91 Å². The van der Waals surface area contributed by atoms with Crippen LogP contribution in [0.4, 0.5) is 10.8 Å². The zero-order chi connectivity index (χ0) is 22.1. The molecule has 3 aromatic rings. The number of aromatic nitrogens is 1. The van der Waals surface area contributed by atoms with Crippen molar-refractivity contribution in [3.8, 4) is 0 Å². The van der Waals surface area contributed by atoms with Gasteiger partial charge in [0.1, 0.15) is 0 Å². The quantitative estimate of drug-likeness (QED) is 0.617. The summed E-state index contributed by atoms with van der Waals surface area (Å²) < 4.78 is 0. The van der Waals surface area contributed by atoms with Crippen LogP contribution in [0.25, 0.3) is 0 Å². The molecule has 1 saturated heterocycles. The Morgan fingerprint density at radius 1 is 1.03 bits per heavy atom. The fraction of sp³-hybridized carbons (Fsp3) is 0.292. The van der Waals surface area contributed by atoms with Crippen molar-refractivity contribution in [3.63, 3.8) is 0 Å². The summed E-state index contributed by atoms with van der Waals surface area (Å²) in [5.74, 6) is -0.264. The average Bonchev–Trinajstić information content (AvgIpc) is 3.39. The maximum absolute atomic E-state index is 13.3. The molecule has 164 valence electrons. The molecule has 1 aliphatic heterocycles. The molecule has 2 aromatic carbocycles. The molecule has 2 aliphatic rings. The number of hydrogen-bond donors (Lipinski definition) is 1. The summed E-state index contributed by atoms with van der Waals surface area (Å²) in [5, 5.41) is 4.16. The molecule has 1 aliphatic carbocycles. The number of rotatable bonds is 4. The van der Waals surface area contributed by atoms with Gasteiger partial charge in [0.2, 0.25) is 5.91 Å². The van der Waals surface area contributed by atoms with E-state index in [1.165, 1.54) is 11.3 Å². The highest BCUT2D eigenvalue weighted by molar-refractivity contribution is 7.16. The zero-order valence-corrected chi connectivity index (χ0v) is 19.0. The summed E-state index contributed by atoms with van der Waals surface area (Å²) in [7, 11) is 0. The van der Waals surface area contributed by atoms with Gasteiger partial charge in [-0.1, -0.05) is 35.9 Å². The van der Waals surface area contributed by atoms with Crippen LogP contribution in [-0.2, 0) is 11.2 Å². The smallest absolute Gasteiger partial charge is 0.257 e. The summed E-state index contributed by atoms with van der Waals surface area (Å²) in [5.41, 5.74) is 2.51. The molecule has 2 heterocycles. The Morgan fingerprint density at radius 3 is 2.56 bits per heavy atom. The number of piperazine rings is 1. The number of benzene rings is 2. The molecule has 0 saturated carbocycles. The molecule has 6 nitrogen and oxygen atoms in total. The molecule has 0 radical (unpaired) electrons. The van der Waals surface area contributed by atoms with Crippen LogP contribution in [0.5, 0.6) is 0 Å². The van der Waals surface area contributed by atoms with E-state index in [0.717, 1.165) is 47.2 Å². The first-order valence-corrected chi connectivity index (χ1v) is 11.9. The number of anilines is 2. The lowest BCUT2D eigenvalue weighted by atomic mass is 10.1. The second-order valence-electron chi connectivity index (χ2n) is 8.03. The highest BCUT2D eigenvalue weighted by Gasteiger charge is 2.36. The third-order valence-electron chi connectivity index (χ3n) is 6.04. The fourth-order valence-electron chi connectivity index (χ4n) is 4.36. The number of carbonyl (C=O) groups excluding carboxylic acids is 2. The van der Waals surface area contributed by atoms with Gasteiger partial charge in [-0.3, -0.25) is 14.9 Å². The van der Waals surface area contributed by atoms with Crippen molar-refractivity contribution in [2.24, 2.45) is 0 Å². The third-order valence-corrected chi connectivity index (χ3v) is 7.32. The number of fused-ring (bicyclic) bond motifs is 1. The van der Waals surface area contributed by atoms with Gasteiger partial charge in [-0.25, -0.2) is 4.98 Å². The third kappa shape index (κ3) is 4.23. The van der Waals surface area contributed by atoms with Crippen LogP contribution in [-0.4, -0.2) is 47.9 Å². The van der Waals surface area contributed by atoms with Gasteiger partial charge in [0.15, 0.2) is 5.13 Å². The summed E-state index contributed by atoms with van der Waals surface area (Å²) >= 11 is 7.60. The molecular weight excluding hydrogens is 444 g/mol. The van der Waals surface area contributed by atoms with Crippen LogP contribution in [0, 0.1) is 0 Å². The first-order chi connectivity index (χ1) is 15.6. The number of amides is 2. The molecule has 2 amide bonds. The Morgan fingerprint density at radius 2 is 1.81 bits per heavy atom. The van der Waals surface area contributed by atoms with E-state index in [2.05, 4.69) is 15.2 Å². The lowest BCUT2D eigenvalue weighted by Crippen LogP contribution is -2.50. The highest BCUT2D eigenvalue weighted by Crippen LogP contribution is 2.39. The number of nitrogens with zero attached hydrogens (tertiary/aromatic N) is 3. The summed E-state index contributed by atoms with van der Waals surface area (Å²) in [6.45, 7) is 2.92. The Bertz CT molecular complexity index is 1140. The summed E-state index contributed by atoms with van der Waals surface area (Å²) in [4.78, 5) is 35.7. The number of thiazole rings is 1. The normalized spacial score (nSPS) is 17.8. The number of nitrogens with one attached hydrogen (secondary N) is 1. The van der Waals surface area contributed by atoms with Gasteiger partial charge < -0.3 is 9.80 Å². The molecular formula is C24H23ClN4O2S. The van der Waals surface area contributed by atoms with Gasteiger partial charge in [-0.15, -0.1) is 11.3 Å². The molecule has 1 N–H and O–H groups in total. The van der Waals surface area contributed by atoms with E-state index < -0.39 is 0 Å². The van der Waals surface area contributed by atoms with Crippen molar-refractivity contribution in [1.82, 2.24) is 9.88 Å². The number of aryl methyl sites for hydroxylation is 1. The summed E-state index contributed by atoms with van der Waals surface area (Å²) in [6, 6.07) is 16.9. The van der Waals surface area contributed by atoms with Crippen molar-refractivity contribution in [1.29, 1.82) is 0 Å². The van der Waals surface area contributed by atoms with E-state index in [0.29, 0.717) is 23.8 Å². The maximum Gasteiger partial charge on any atom is 0.257 e. The van der Waals surface area contributed by atoms with Crippen molar-refractivity contribution in [2.75, 3.05) is 36.4 Å². The standard InChI is InChI=1S/C24H23ClN4O2S/c25-17-7-4-8-18(15-17)28-11-13-29(14-12-28)23(31)19-9-10-20-21(19)26-24(32-20)27-22(30)16-5-2-1-3-6-16/h1-8,15,19H,9-14H2,(H,26,27,30). The van der Waals surface area contributed by atoms with Gasteiger partial charge in [0.05, 0.1) is 11.6 Å². The predicted octanol–water partition coefficient (Wildman–Crippen LogP) is 4.43. The first-order valence-electron chi connectivity index (χ1n) is 10.7. The van der Waals surface area contributed by atoms with E-state index in [9.17, 15) is 9.59 Å². The Balaban J connectivity index is 1.23. The van der Waals surface area contributed by atoms with E-state index in [4.69, 9.17) is 11.6 Å². The van der Waals surface area contributed by atoms with Crippen molar-refractivity contribution in [3.05, 3.63) is 75.8 Å². The van der Waals surface area contributed by atoms with E-state index >= 15 is 0 Å². The fourth-order valence-corrected chi connectivity index (χ4v) is 5.58. The van der Waals surface area contributed by atoms with Gasteiger partial charge in [-0.2, -0.15) is 0 Å². The minimum atomic E-state index is -0.221. The molecule has 0 spiro atoms. The molecule has 1 atom stereocenters. The monoisotopic (exact) mass is 466 g/mol. The number of carbonyl (C=O) groups is 2. The molecule has 1 aromatic heterocycles. The summed E-state index contributed by atoms with van der Waals surface area (Å²) in [6.07, 6.45) is 1.61. The lowest BCUT2D eigenvalue weighted by molar-refractivity contribution is -0.133. The molecule has 8 heteroatoms. The second kappa shape index (κ2) is 8.92.